The van der Waals surface area contributed by atoms with Crippen molar-refractivity contribution in [2.24, 2.45) is 5.92 Å². The molecule has 92 valence electrons. The van der Waals surface area contributed by atoms with E-state index in [-0.39, 0.29) is 5.91 Å². The molecule has 1 fully saturated rings. The smallest absolute Gasteiger partial charge is 0.220 e. The van der Waals surface area contributed by atoms with Gasteiger partial charge in [-0.3, -0.25) is 4.79 Å². The first kappa shape index (κ1) is 12.4. The molecule has 0 saturated carbocycles. The zero-order valence-electron chi connectivity index (χ0n) is 9.71. The zero-order chi connectivity index (χ0) is 12.1. The number of carbonyl (C=O) groups excluding carboxylic acids is 1. The van der Waals surface area contributed by atoms with Gasteiger partial charge in [-0.25, -0.2) is 0 Å². The minimum absolute atomic E-state index is 0.131. The highest BCUT2D eigenvalue weighted by atomic mass is 35.5. The largest absolute Gasteiger partial charge is 0.356 e. The van der Waals surface area contributed by atoms with Crippen molar-refractivity contribution in [1.29, 1.82) is 0 Å². The van der Waals surface area contributed by atoms with E-state index in [1.807, 2.05) is 24.3 Å². The number of halogens is 1. The number of aryl methyl sites for hydroxylation is 1. The summed E-state index contributed by atoms with van der Waals surface area (Å²) in [5, 5.41) is 6.88. The molecule has 0 atom stereocenters. The van der Waals surface area contributed by atoms with Gasteiger partial charge in [-0.15, -0.1) is 0 Å². The third kappa shape index (κ3) is 4.02. The fourth-order valence-corrected chi connectivity index (χ4v) is 1.87. The molecule has 0 unspecified atom stereocenters. The number of nitrogens with one attached hydrogen (secondary N) is 2. The molecule has 1 aliphatic heterocycles. The van der Waals surface area contributed by atoms with Crippen LogP contribution in [0.15, 0.2) is 24.3 Å². The van der Waals surface area contributed by atoms with Crippen molar-refractivity contribution >= 4 is 17.5 Å². The third-order valence-corrected chi connectivity index (χ3v) is 3.26. The fraction of sp³-hybridized carbons (Fsp3) is 0.462. The van der Waals surface area contributed by atoms with Crippen LogP contribution in [0.2, 0.25) is 5.02 Å². The Balaban J connectivity index is 1.66. The normalized spacial score (nSPS) is 15.4. The van der Waals surface area contributed by atoms with Crippen molar-refractivity contribution in [3.05, 3.63) is 34.9 Å². The lowest BCUT2D eigenvalue weighted by Gasteiger charge is -2.27. The Hall–Kier alpha value is -1.06. The second-order valence-corrected chi connectivity index (χ2v) is 4.89. The summed E-state index contributed by atoms with van der Waals surface area (Å²) in [4.78, 5) is 11.6. The van der Waals surface area contributed by atoms with E-state index < -0.39 is 0 Å². The fourth-order valence-electron chi connectivity index (χ4n) is 1.75. The molecule has 1 saturated heterocycles. The molecule has 0 bridgehead atoms. The van der Waals surface area contributed by atoms with Gasteiger partial charge in [0.25, 0.3) is 0 Å². The van der Waals surface area contributed by atoms with Gasteiger partial charge in [0, 0.05) is 37.0 Å². The monoisotopic (exact) mass is 252 g/mol. The number of amides is 1. The molecule has 3 nitrogen and oxygen atoms in total. The van der Waals surface area contributed by atoms with Crippen LogP contribution in [-0.2, 0) is 11.2 Å². The number of benzene rings is 1. The van der Waals surface area contributed by atoms with Crippen LogP contribution in [-0.4, -0.2) is 25.5 Å². The Labute approximate surface area is 107 Å². The van der Waals surface area contributed by atoms with Gasteiger partial charge >= 0.3 is 0 Å². The second kappa shape index (κ2) is 6.03. The van der Waals surface area contributed by atoms with Gasteiger partial charge in [0.2, 0.25) is 5.91 Å². The van der Waals surface area contributed by atoms with Crippen LogP contribution in [0.1, 0.15) is 12.0 Å². The Morgan fingerprint density at radius 2 is 2.06 bits per heavy atom. The highest BCUT2D eigenvalue weighted by Gasteiger charge is 2.16. The minimum atomic E-state index is 0.131. The summed E-state index contributed by atoms with van der Waals surface area (Å²) in [6.07, 6.45) is 1.31. The van der Waals surface area contributed by atoms with Gasteiger partial charge in [0.05, 0.1) is 0 Å². The Kier molecular flexibility index (Phi) is 4.40. The van der Waals surface area contributed by atoms with Crippen molar-refractivity contribution in [3.63, 3.8) is 0 Å². The summed E-state index contributed by atoms with van der Waals surface area (Å²) in [6.45, 7) is 2.85. The highest BCUT2D eigenvalue weighted by molar-refractivity contribution is 6.30. The summed E-state index contributed by atoms with van der Waals surface area (Å²) in [6, 6.07) is 7.64. The minimum Gasteiger partial charge on any atom is -0.356 e. The predicted molar refractivity (Wildman–Crippen MR) is 69.1 cm³/mol. The first-order valence-corrected chi connectivity index (χ1v) is 6.33. The maximum atomic E-state index is 11.6. The zero-order valence-corrected chi connectivity index (χ0v) is 10.5. The lowest BCUT2D eigenvalue weighted by molar-refractivity contribution is -0.121. The molecule has 1 aromatic rings. The molecule has 0 spiro atoms. The lowest BCUT2D eigenvalue weighted by atomic mass is 10.0. The van der Waals surface area contributed by atoms with Crippen molar-refractivity contribution < 1.29 is 4.79 Å². The molecule has 1 aliphatic rings. The summed E-state index contributed by atoms with van der Waals surface area (Å²) < 4.78 is 0. The van der Waals surface area contributed by atoms with Gasteiger partial charge in [-0.1, -0.05) is 23.7 Å². The van der Waals surface area contributed by atoms with E-state index in [1.54, 1.807) is 0 Å². The van der Waals surface area contributed by atoms with Crippen LogP contribution in [0.3, 0.4) is 0 Å². The summed E-state index contributed by atoms with van der Waals surface area (Å²) >= 11 is 5.80. The predicted octanol–water partition coefficient (Wildman–Crippen LogP) is 1.61. The second-order valence-electron chi connectivity index (χ2n) is 4.45. The molecule has 0 radical (unpaired) electrons. The van der Waals surface area contributed by atoms with Gasteiger partial charge in [0.15, 0.2) is 0 Å². The van der Waals surface area contributed by atoms with E-state index in [0.717, 1.165) is 36.6 Å². The molecule has 1 aromatic carbocycles. The number of carbonyl (C=O) groups is 1. The Morgan fingerprint density at radius 3 is 2.65 bits per heavy atom. The average Bonchev–Trinajstić information content (AvgIpc) is 2.26. The summed E-state index contributed by atoms with van der Waals surface area (Å²) in [5.41, 5.74) is 1.15. The quantitative estimate of drug-likeness (QED) is 0.836. The van der Waals surface area contributed by atoms with Gasteiger partial charge in [-0.2, -0.15) is 0 Å². The van der Waals surface area contributed by atoms with E-state index in [4.69, 9.17) is 11.6 Å². The lowest BCUT2D eigenvalue weighted by Crippen LogP contribution is -2.48. The molecular weight excluding hydrogens is 236 g/mol. The molecule has 2 N–H and O–H groups in total. The SMILES string of the molecule is O=C(CCc1ccc(Cl)cc1)NCC1CNC1. The average molecular weight is 253 g/mol. The van der Waals surface area contributed by atoms with Crippen molar-refractivity contribution in [1.82, 2.24) is 10.6 Å². The first-order chi connectivity index (χ1) is 8.24. The van der Waals surface area contributed by atoms with E-state index in [9.17, 15) is 4.79 Å². The molecule has 2 rings (SSSR count). The van der Waals surface area contributed by atoms with Gasteiger partial charge in [-0.05, 0) is 24.1 Å². The molecule has 0 aromatic heterocycles. The number of hydrogen-bond donors (Lipinski definition) is 2. The third-order valence-electron chi connectivity index (χ3n) is 3.01. The highest BCUT2D eigenvalue weighted by Crippen LogP contribution is 2.10. The Bertz CT molecular complexity index is 374. The molecule has 1 amide bonds. The molecule has 17 heavy (non-hydrogen) atoms. The number of hydrogen-bond acceptors (Lipinski definition) is 2. The van der Waals surface area contributed by atoms with Crippen molar-refractivity contribution in [3.8, 4) is 0 Å². The first-order valence-electron chi connectivity index (χ1n) is 5.96. The summed E-state index contributed by atoms with van der Waals surface area (Å²) in [5.74, 6) is 0.751. The standard InChI is InChI=1S/C13H17ClN2O/c14-12-4-1-10(2-5-12)3-6-13(17)16-9-11-7-15-8-11/h1-2,4-5,11,15H,3,6-9H2,(H,16,17). The molecule has 1 heterocycles. The van der Waals surface area contributed by atoms with Crippen molar-refractivity contribution in [2.45, 2.75) is 12.8 Å². The van der Waals surface area contributed by atoms with Crippen LogP contribution in [0.25, 0.3) is 0 Å². The van der Waals surface area contributed by atoms with E-state index in [0.29, 0.717) is 12.3 Å². The summed E-state index contributed by atoms with van der Waals surface area (Å²) in [7, 11) is 0. The van der Waals surface area contributed by atoms with E-state index in [1.165, 1.54) is 0 Å². The van der Waals surface area contributed by atoms with Gasteiger partial charge < -0.3 is 10.6 Å². The molecular formula is C13H17ClN2O. The number of rotatable bonds is 5. The maximum Gasteiger partial charge on any atom is 0.220 e. The van der Waals surface area contributed by atoms with E-state index >= 15 is 0 Å². The van der Waals surface area contributed by atoms with Gasteiger partial charge in [0.1, 0.15) is 0 Å². The maximum absolute atomic E-state index is 11.6. The van der Waals surface area contributed by atoms with Crippen LogP contribution in [0.4, 0.5) is 0 Å². The van der Waals surface area contributed by atoms with Crippen LogP contribution >= 0.6 is 11.6 Å². The van der Waals surface area contributed by atoms with Crippen molar-refractivity contribution in [2.75, 3.05) is 19.6 Å². The molecule has 0 aliphatic carbocycles. The van der Waals surface area contributed by atoms with E-state index in [2.05, 4.69) is 10.6 Å². The topological polar surface area (TPSA) is 41.1 Å². The van der Waals surface area contributed by atoms with Crippen LogP contribution < -0.4 is 10.6 Å². The molecule has 4 heteroatoms. The van der Waals surface area contributed by atoms with Crippen LogP contribution in [0.5, 0.6) is 0 Å². The van der Waals surface area contributed by atoms with Crippen LogP contribution in [0, 0.1) is 5.92 Å². The Morgan fingerprint density at radius 1 is 1.35 bits per heavy atom.